The summed E-state index contributed by atoms with van der Waals surface area (Å²) < 4.78 is 5.36. The van der Waals surface area contributed by atoms with Crippen LogP contribution in [0.25, 0.3) is 0 Å². The zero-order chi connectivity index (χ0) is 20.3. The standard InChI is InChI=1S/C24H34N4O/c1-3-25-24(26-15-8-11-20-9-5-4-6-10-20)27-18-21-14-16-28(19-21)22-12-7-13-23(17-22)29-2/h4-7,9-10,12-13,17,21H,3,8,11,14-16,18-19H2,1-2H3,(H2,25,26,27). The van der Waals surface area contributed by atoms with Gasteiger partial charge in [-0.2, -0.15) is 0 Å². The third kappa shape index (κ3) is 6.70. The molecule has 0 spiro atoms. The van der Waals surface area contributed by atoms with Gasteiger partial charge in [-0.15, -0.1) is 0 Å². The molecule has 5 heteroatoms. The number of hydrogen-bond donors (Lipinski definition) is 2. The number of nitrogens with one attached hydrogen (secondary N) is 2. The molecule has 29 heavy (non-hydrogen) atoms. The Balaban J connectivity index is 1.44. The predicted octanol–water partition coefficient (Wildman–Crippen LogP) is 3.71. The third-order valence-corrected chi connectivity index (χ3v) is 5.33. The highest BCUT2D eigenvalue weighted by Gasteiger charge is 2.22. The number of nitrogens with zero attached hydrogens (tertiary/aromatic N) is 2. The van der Waals surface area contributed by atoms with Crippen molar-refractivity contribution in [1.29, 1.82) is 0 Å². The maximum atomic E-state index is 5.36. The van der Waals surface area contributed by atoms with Gasteiger partial charge in [0, 0.05) is 44.5 Å². The Hall–Kier alpha value is -2.69. The van der Waals surface area contributed by atoms with Crippen LogP contribution >= 0.6 is 0 Å². The summed E-state index contributed by atoms with van der Waals surface area (Å²) >= 11 is 0. The molecule has 2 aromatic carbocycles. The maximum Gasteiger partial charge on any atom is 0.191 e. The van der Waals surface area contributed by atoms with E-state index in [-0.39, 0.29) is 0 Å². The van der Waals surface area contributed by atoms with Gasteiger partial charge in [-0.3, -0.25) is 4.99 Å². The molecule has 0 aromatic heterocycles. The molecule has 1 atom stereocenters. The molecule has 2 aromatic rings. The van der Waals surface area contributed by atoms with Crippen molar-refractivity contribution in [3.63, 3.8) is 0 Å². The van der Waals surface area contributed by atoms with Crippen molar-refractivity contribution in [3.05, 3.63) is 60.2 Å². The average Bonchev–Trinajstić information content (AvgIpc) is 3.25. The van der Waals surface area contributed by atoms with Crippen LogP contribution in [-0.2, 0) is 6.42 Å². The van der Waals surface area contributed by atoms with E-state index >= 15 is 0 Å². The van der Waals surface area contributed by atoms with Gasteiger partial charge in [-0.1, -0.05) is 36.4 Å². The van der Waals surface area contributed by atoms with Crippen molar-refractivity contribution in [2.45, 2.75) is 26.2 Å². The van der Waals surface area contributed by atoms with Crippen LogP contribution in [0.4, 0.5) is 5.69 Å². The highest BCUT2D eigenvalue weighted by atomic mass is 16.5. The Morgan fingerprint density at radius 3 is 2.79 bits per heavy atom. The summed E-state index contributed by atoms with van der Waals surface area (Å²) in [5.74, 6) is 2.43. The minimum Gasteiger partial charge on any atom is -0.497 e. The van der Waals surface area contributed by atoms with Crippen LogP contribution in [0, 0.1) is 5.92 Å². The number of methoxy groups -OCH3 is 1. The van der Waals surface area contributed by atoms with Crippen molar-refractivity contribution < 1.29 is 4.74 Å². The number of rotatable bonds is 9. The predicted molar refractivity (Wildman–Crippen MR) is 122 cm³/mol. The molecule has 1 unspecified atom stereocenters. The topological polar surface area (TPSA) is 48.9 Å². The van der Waals surface area contributed by atoms with Crippen LogP contribution in [0.3, 0.4) is 0 Å². The van der Waals surface area contributed by atoms with E-state index in [4.69, 9.17) is 9.73 Å². The maximum absolute atomic E-state index is 5.36. The minimum atomic E-state index is 0.584. The Morgan fingerprint density at radius 1 is 1.14 bits per heavy atom. The lowest BCUT2D eigenvalue weighted by atomic mass is 10.1. The van der Waals surface area contributed by atoms with Crippen LogP contribution in [0.2, 0.25) is 0 Å². The summed E-state index contributed by atoms with van der Waals surface area (Å²) in [5, 5.41) is 6.85. The van der Waals surface area contributed by atoms with E-state index in [0.717, 1.165) is 57.3 Å². The van der Waals surface area contributed by atoms with E-state index in [1.54, 1.807) is 7.11 Å². The fourth-order valence-corrected chi connectivity index (χ4v) is 3.73. The number of aliphatic imine (C=N–C) groups is 1. The lowest BCUT2D eigenvalue weighted by Gasteiger charge is -2.19. The van der Waals surface area contributed by atoms with Crippen molar-refractivity contribution in [1.82, 2.24) is 10.6 Å². The molecule has 5 nitrogen and oxygen atoms in total. The number of aryl methyl sites for hydroxylation is 1. The molecule has 0 amide bonds. The lowest BCUT2D eigenvalue weighted by Crippen LogP contribution is -2.38. The molecule has 3 rings (SSSR count). The van der Waals surface area contributed by atoms with Crippen LogP contribution in [-0.4, -0.2) is 45.8 Å². The first-order chi connectivity index (χ1) is 14.3. The van der Waals surface area contributed by atoms with Gasteiger partial charge in [0.1, 0.15) is 5.75 Å². The van der Waals surface area contributed by atoms with Gasteiger partial charge >= 0.3 is 0 Å². The van der Waals surface area contributed by atoms with Crippen molar-refractivity contribution in [3.8, 4) is 5.75 Å². The van der Waals surface area contributed by atoms with E-state index < -0.39 is 0 Å². The molecule has 0 bridgehead atoms. The molecule has 156 valence electrons. The zero-order valence-corrected chi connectivity index (χ0v) is 17.7. The molecular formula is C24H34N4O. The average molecular weight is 395 g/mol. The Kier molecular flexibility index (Phi) is 8.23. The first-order valence-electron chi connectivity index (χ1n) is 10.7. The minimum absolute atomic E-state index is 0.584. The monoisotopic (exact) mass is 394 g/mol. The highest BCUT2D eigenvalue weighted by Crippen LogP contribution is 2.26. The van der Waals surface area contributed by atoms with Gasteiger partial charge in [0.2, 0.25) is 0 Å². The number of guanidine groups is 1. The smallest absolute Gasteiger partial charge is 0.191 e. The summed E-state index contributed by atoms with van der Waals surface area (Å²) in [6.45, 7) is 6.90. The van der Waals surface area contributed by atoms with Gasteiger partial charge in [0.15, 0.2) is 5.96 Å². The van der Waals surface area contributed by atoms with E-state index in [1.165, 1.54) is 17.7 Å². The summed E-state index contributed by atoms with van der Waals surface area (Å²) in [6.07, 6.45) is 3.36. The van der Waals surface area contributed by atoms with Gasteiger partial charge in [0.25, 0.3) is 0 Å². The molecule has 0 saturated carbocycles. The van der Waals surface area contributed by atoms with Crippen molar-refractivity contribution in [2.24, 2.45) is 10.9 Å². The van der Waals surface area contributed by atoms with Gasteiger partial charge in [-0.25, -0.2) is 0 Å². The molecule has 2 N–H and O–H groups in total. The largest absolute Gasteiger partial charge is 0.497 e. The van der Waals surface area contributed by atoms with Gasteiger partial charge in [-0.05, 0) is 49.8 Å². The van der Waals surface area contributed by atoms with Crippen LogP contribution in [0.1, 0.15) is 25.3 Å². The normalized spacial score (nSPS) is 16.7. The SMILES string of the molecule is CCNC(=NCC1CCN(c2cccc(OC)c2)C1)NCCCc1ccccc1. The van der Waals surface area contributed by atoms with E-state index in [2.05, 4.69) is 71.0 Å². The first kappa shape index (κ1) is 21.0. The number of ether oxygens (including phenoxy) is 1. The first-order valence-corrected chi connectivity index (χ1v) is 10.7. The Labute approximate surface area is 175 Å². The fraction of sp³-hybridized carbons (Fsp3) is 0.458. The lowest BCUT2D eigenvalue weighted by molar-refractivity contribution is 0.415. The van der Waals surface area contributed by atoms with Crippen LogP contribution in [0.15, 0.2) is 59.6 Å². The second kappa shape index (κ2) is 11.3. The summed E-state index contributed by atoms with van der Waals surface area (Å²) in [5.41, 5.74) is 2.63. The molecule has 1 aliphatic rings. The van der Waals surface area contributed by atoms with E-state index in [0.29, 0.717) is 5.92 Å². The zero-order valence-electron chi connectivity index (χ0n) is 17.7. The Morgan fingerprint density at radius 2 is 2.00 bits per heavy atom. The second-order valence-electron chi connectivity index (χ2n) is 7.54. The van der Waals surface area contributed by atoms with Crippen molar-refractivity contribution >= 4 is 11.6 Å². The number of hydrogen-bond acceptors (Lipinski definition) is 3. The van der Waals surface area contributed by atoms with E-state index in [9.17, 15) is 0 Å². The van der Waals surface area contributed by atoms with E-state index in [1.807, 2.05) is 6.07 Å². The van der Waals surface area contributed by atoms with Crippen LogP contribution < -0.4 is 20.3 Å². The third-order valence-electron chi connectivity index (χ3n) is 5.33. The quantitative estimate of drug-likeness (QED) is 0.387. The second-order valence-corrected chi connectivity index (χ2v) is 7.54. The summed E-state index contributed by atoms with van der Waals surface area (Å²) in [7, 11) is 1.72. The summed E-state index contributed by atoms with van der Waals surface area (Å²) in [6, 6.07) is 19.0. The van der Waals surface area contributed by atoms with Gasteiger partial charge < -0.3 is 20.3 Å². The van der Waals surface area contributed by atoms with Gasteiger partial charge in [0.05, 0.1) is 7.11 Å². The highest BCUT2D eigenvalue weighted by molar-refractivity contribution is 5.79. The number of benzene rings is 2. The number of anilines is 1. The molecule has 1 saturated heterocycles. The molecular weight excluding hydrogens is 360 g/mol. The fourth-order valence-electron chi connectivity index (χ4n) is 3.73. The molecule has 0 aliphatic carbocycles. The van der Waals surface area contributed by atoms with Crippen molar-refractivity contribution in [2.75, 3.05) is 44.7 Å². The molecule has 1 aliphatic heterocycles. The summed E-state index contributed by atoms with van der Waals surface area (Å²) in [4.78, 5) is 7.28. The van der Waals surface area contributed by atoms with Crippen LogP contribution in [0.5, 0.6) is 5.75 Å². The Bertz CT molecular complexity index is 762. The molecule has 1 fully saturated rings. The molecule has 1 heterocycles. The molecule has 0 radical (unpaired) electrons.